The predicted octanol–water partition coefficient (Wildman–Crippen LogP) is 3.71. The molecule has 2 aromatic rings. The van der Waals surface area contributed by atoms with Gasteiger partial charge in [-0.1, -0.05) is 6.07 Å². The zero-order chi connectivity index (χ0) is 21.0. The Balaban J connectivity index is 1.99. The smallest absolute Gasteiger partial charge is 0.343 e. The molecule has 7 heteroatoms. The molecule has 0 atom stereocenters. The topological polar surface area (TPSA) is 72.5 Å². The maximum absolute atomic E-state index is 12.4. The van der Waals surface area contributed by atoms with E-state index in [0.717, 1.165) is 5.56 Å². The van der Waals surface area contributed by atoms with Crippen LogP contribution in [0.3, 0.4) is 0 Å². The Morgan fingerprint density at radius 1 is 0.759 bits per heavy atom. The second kappa shape index (κ2) is 8.60. The Labute approximate surface area is 169 Å². The molecule has 0 bridgehead atoms. The fourth-order valence-electron chi connectivity index (χ4n) is 2.98. The average molecular weight is 398 g/mol. The average Bonchev–Trinajstić information content (AvgIpc) is 3.12. The highest BCUT2D eigenvalue weighted by atomic mass is 16.5. The monoisotopic (exact) mass is 398 g/mol. The van der Waals surface area contributed by atoms with E-state index in [1.165, 1.54) is 21.3 Å². The summed E-state index contributed by atoms with van der Waals surface area (Å²) < 4.78 is 32.0. The first-order chi connectivity index (χ1) is 14.0. The van der Waals surface area contributed by atoms with E-state index < -0.39 is 5.97 Å². The molecular weight excluding hydrogens is 376 g/mol. The minimum absolute atomic E-state index is 0.390. The highest BCUT2D eigenvalue weighted by Crippen LogP contribution is 2.41. The Morgan fingerprint density at radius 2 is 1.38 bits per heavy atom. The van der Waals surface area contributed by atoms with Gasteiger partial charge < -0.3 is 28.4 Å². The van der Waals surface area contributed by atoms with Gasteiger partial charge in [-0.3, -0.25) is 0 Å². The van der Waals surface area contributed by atoms with E-state index in [2.05, 4.69) is 0 Å². The van der Waals surface area contributed by atoms with Crippen LogP contribution in [0.1, 0.15) is 11.1 Å². The fraction of sp³-hybridized carbons (Fsp3) is 0.227. The first-order valence-electron chi connectivity index (χ1n) is 8.72. The summed E-state index contributed by atoms with van der Waals surface area (Å²) in [4.78, 5) is 12.4. The van der Waals surface area contributed by atoms with Crippen LogP contribution >= 0.6 is 0 Å². The van der Waals surface area contributed by atoms with Crippen LogP contribution in [0, 0.1) is 0 Å². The summed E-state index contributed by atoms with van der Waals surface area (Å²) in [5.41, 5.74) is 1.81. The van der Waals surface area contributed by atoms with Crippen LogP contribution in [-0.2, 0) is 9.53 Å². The summed E-state index contributed by atoms with van der Waals surface area (Å²) in [5.74, 6) is 2.51. The second-order valence-electron chi connectivity index (χ2n) is 6.03. The molecule has 0 unspecified atom stereocenters. The van der Waals surface area contributed by atoms with E-state index in [4.69, 9.17) is 28.4 Å². The molecule has 0 aromatic heterocycles. The Hall–Kier alpha value is -3.61. The molecule has 29 heavy (non-hydrogen) atoms. The van der Waals surface area contributed by atoms with E-state index in [1.807, 2.05) is 6.07 Å². The third kappa shape index (κ3) is 3.99. The summed E-state index contributed by atoms with van der Waals surface area (Å²) in [6.45, 7) is 0. The van der Waals surface area contributed by atoms with Crippen molar-refractivity contribution in [1.29, 1.82) is 0 Å². The summed E-state index contributed by atoms with van der Waals surface area (Å²) in [5, 5.41) is 0. The largest absolute Gasteiger partial charge is 0.493 e. The fourth-order valence-corrected chi connectivity index (χ4v) is 2.98. The summed E-state index contributed by atoms with van der Waals surface area (Å²) in [7, 11) is 7.70. The molecule has 1 aliphatic rings. The number of cyclic esters (lactones) is 1. The minimum Gasteiger partial charge on any atom is -0.493 e. The van der Waals surface area contributed by atoms with Crippen molar-refractivity contribution in [3.05, 3.63) is 53.1 Å². The Bertz CT molecular complexity index is 964. The van der Waals surface area contributed by atoms with E-state index in [-0.39, 0.29) is 0 Å². The molecule has 0 spiro atoms. The molecule has 0 fully saturated rings. The predicted molar refractivity (Wildman–Crippen MR) is 108 cm³/mol. The SMILES string of the molecule is COc1ccc(/C=C2\C=C(c3cc(OC)c(OC)c(OC)c3)OC2=O)cc1OC. The van der Waals surface area contributed by atoms with Gasteiger partial charge in [0.2, 0.25) is 5.75 Å². The van der Waals surface area contributed by atoms with Crippen LogP contribution in [0.15, 0.2) is 42.0 Å². The van der Waals surface area contributed by atoms with Crippen LogP contribution in [-0.4, -0.2) is 41.5 Å². The molecule has 3 rings (SSSR count). The van der Waals surface area contributed by atoms with E-state index in [9.17, 15) is 4.79 Å². The summed E-state index contributed by atoms with van der Waals surface area (Å²) in [6.07, 6.45) is 3.38. The molecule has 2 aromatic carbocycles. The van der Waals surface area contributed by atoms with E-state index in [0.29, 0.717) is 45.6 Å². The van der Waals surface area contributed by atoms with Gasteiger partial charge in [-0.2, -0.15) is 0 Å². The van der Waals surface area contributed by atoms with Crippen LogP contribution in [0.2, 0.25) is 0 Å². The number of ether oxygens (including phenoxy) is 6. The maximum atomic E-state index is 12.4. The third-order valence-corrected chi connectivity index (χ3v) is 4.40. The maximum Gasteiger partial charge on any atom is 0.343 e. The molecule has 1 aliphatic heterocycles. The van der Waals surface area contributed by atoms with Crippen LogP contribution < -0.4 is 23.7 Å². The summed E-state index contributed by atoms with van der Waals surface area (Å²) >= 11 is 0. The number of hydrogen-bond donors (Lipinski definition) is 0. The lowest BCUT2D eigenvalue weighted by molar-refractivity contribution is -0.130. The first-order valence-corrected chi connectivity index (χ1v) is 8.72. The molecular formula is C22H22O7. The second-order valence-corrected chi connectivity index (χ2v) is 6.03. The highest BCUT2D eigenvalue weighted by Gasteiger charge is 2.24. The van der Waals surface area contributed by atoms with Crippen molar-refractivity contribution in [1.82, 2.24) is 0 Å². The third-order valence-electron chi connectivity index (χ3n) is 4.40. The van der Waals surface area contributed by atoms with Crippen molar-refractivity contribution in [2.24, 2.45) is 0 Å². The lowest BCUT2D eigenvalue weighted by Gasteiger charge is -2.14. The van der Waals surface area contributed by atoms with Gasteiger partial charge in [0, 0.05) is 5.56 Å². The molecule has 7 nitrogen and oxygen atoms in total. The van der Waals surface area contributed by atoms with Crippen LogP contribution in [0.4, 0.5) is 0 Å². The molecule has 0 radical (unpaired) electrons. The summed E-state index contributed by atoms with van der Waals surface area (Å²) in [6, 6.07) is 8.83. The molecule has 0 saturated carbocycles. The number of carbonyl (C=O) groups excluding carboxylic acids is 1. The Morgan fingerprint density at radius 3 is 1.93 bits per heavy atom. The quantitative estimate of drug-likeness (QED) is 0.520. The number of methoxy groups -OCH3 is 5. The van der Waals surface area contributed by atoms with Crippen molar-refractivity contribution in [2.75, 3.05) is 35.5 Å². The van der Waals surface area contributed by atoms with Crippen molar-refractivity contribution in [2.45, 2.75) is 0 Å². The zero-order valence-corrected chi connectivity index (χ0v) is 16.9. The number of carbonyl (C=O) groups is 1. The normalized spacial score (nSPS) is 14.3. The van der Waals surface area contributed by atoms with Gasteiger partial charge in [-0.05, 0) is 42.0 Å². The number of benzene rings is 2. The van der Waals surface area contributed by atoms with Gasteiger partial charge >= 0.3 is 5.97 Å². The molecule has 0 saturated heterocycles. The van der Waals surface area contributed by atoms with Gasteiger partial charge in [0.1, 0.15) is 5.76 Å². The molecule has 152 valence electrons. The van der Waals surface area contributed by atoms with E-state index >= 15 is 0 Å². The van der Waals surface area contributed by atoms with Gasteiger partial charge in [0.25, 0.3) is 0 Å². The van der Waals surface area contributed by atoms with Crippen molar-refractivity contribution in [3.63, 3.8) is 0 Å². The van der Waals surface area contributed by atoms with Gasteiger partial charge in [0.15, 0.2) is 23.0 Å². The van der Waals surface area contributed by atoms with Gasteiger partial charge in [-0.25, -0.2) is 4.79 Å². The standard InChI is InChI=1S/C22H22O7/c1-24-16-7-6-13(9-18(16)25-2)8-15-12-17(29-22(15)23)14-10-19(26-3)21(28-5)20(11-14)27-4/h6-12H,1-5H3/b15-8+. The molecule has 1 heterocycles. The molecule has 0 aliphatic carbocycles. The van der Waals surface area contributed by atoms with Crippen molar-refractivity contribution >= 4 is 17.8 Å². The zero-order valence-electron chi connectivity index (χ0n) is 16.9. The number of esters is 1. The van der Waals surface area contributed by atoms with Gasteiger partial charge in [0.05, 0.1) is 41.1 Å². The Kier molecular flexibility index (Phi) is 5.97. The van der Waals surface area contributed by atoms with Crippen LogP contribution in [0.5, 0.6) is 28.7 Å². The van der Waals surface area contributed by atoms with Gasteiger partial charge in [-0.15, -0.1) is 0 Å². The lowest BCUT2D eigenvalue weighted by Crippen LogP contribution is -1.99. The van der Waals surface area contributed by atoms with E-state index in [1.54, 1.807) is 50.6 Å². The van der Waals surface area contributed by atoms with Crippen molar-refractivity contribution in [3.8, 4) is 28.7 Å². The number of rotatable bonds is 7. The highest BCUT2D eigenvalue weighted by molar-refractivity contribution is 6.05. The lowest BCUT2D eigenvalue weighted by atomic mass is 10.1. The molecule has 0 amide bonds. The minimum atomic E-state index is -0.455. The molecule has 0 N–H and O–H groups in total. The van der Waals surface area contributed by atoms with Crippen LogP contribution in [0.25, 0.3) is 11.8 Å². The first kappa shape index (κ1) is 20.1. The van der Waals surface area contributed by atoms with Crippen molar-refractivity contribution < 1.29 is 33.2 Å². The number of hydrogen-bond acceptors (Lipinski definition) is 7.